The van der Waals surface area contributed by atoms with Gasteiger partial charge in [0.25, 0.3) is 5.91 Å². The second-order valence-corrected chi connectivity index (χ2v) is 5.88. The van der Waals surface area contributed by atoms with E-state index in [4.69, 9.17) is 16.3 Å². The first kappa shape index (κ1) is 15.8. The minimum absolute atomic E-state index is 0.152. The molecule has 6 nitrogen and oxygen atoms in total. The van der Waals surface area contributed by atoms with Crippen LogP contribution < -0.4 is 4.74 Å². The SMILES string of the molecule is CCOc1ccc(Cl)c(C(=O)N2CCC[C@H](n3ccnc3)C2)n1. The van der Waals surface area contributed by atoms with Crippen LogP contribution in [0.4, 0.5) is 0 Å². The number of imidazole rings is 1. The van der Waals surface area contributed by atoms with Gasteiger partial charge in [-0.15, -0.1) is 0 Å². The zero-order valence-corrected chi connectivity index (χ0v) is 13.7. The second kappa shape index (κ2) is 7.00. The van der Waals surface area contributed by atoms with Crippen molar-refractivity contribution < 1.29 is 9.53 Å². The van der Waals surface area contributed by atoms with Crippen LogP contribution in [-0.2, 0) is 0 Å². The van der Waals surface area contributed by atoms with Crippen molar-refractivity contribution in [1.82, 2.24) is 19.4 Å². The maximum Gasteiger partial charge on any atom is 0.274 e. The average molecular weight is 335 g/mol. The number of rotatable bonds is 4. The summed E-state index contributed by atoms with van der Waals surface area (Å²) in [7, 11) is 0. The molecule has 0 aromatic carbocycles. The number of pyridine rings is 1. The third kappa shape index (κ3) is 3.47. The molecule has 2 aromatic heterocycles. The number of nitrogens with zero attached hydrogens (tertiary/aromatic N) is 4. The fourth-order valence-corrected chi connectivity index (χ4v) is 3.01. The van der Waals surface area contributed by atoms with Crippen LogP contribution in [0.5, 0.6) is 5.88 Å². The zero-order chi connectivity index (χ0) is 16.2. The molecule has 1 atom stereocenters. The second-order valence-electron chi connectivity index (χ2n) is 5.47. The minimum atomic E-state index is -0.152. The molecule has 0 spiro atoms. The molecule has 1 amide bonds. The average Bonchev–Trinajstić information content (AvgIpc) is 3.11. The number of likely N-dealkylation sites (tertiary alicyclic amines) is 1. The van der Waals surface area contributed by atoms with Crippen molar-refractivity contribution in [2.24, 2.45) is 0 Å². The van der Waals surface area contributed by atoms with Crippen LogP contribution in [-0.4, -0.2) is 45.0 Å². The van der Waals surface area contributed by atoms with E-state index in [9.17, 15) is 4.79 Å². The zero-order valence-electron chi connectivity index (χ0n) is 13.0. The molecule has 0 bridgehead atoms. The van der Waals surface area contributed by atoms with E-state index in [1.54, 1.807) is 29.6 Å². The fourth-order valence-electron chi connectivity index (χ4n) is 2.82. The van der Waals surface area contributed by atoms with E-state index >= 15 is 0 Å². The maximum absolute atomic E-state index is 12.8. The van der Waals surface area contributed by atoms with E-state index in [0.29, 0.717) is 30.6 Å². The first-order chi connectivity index (χ1) is 11.2. The van der Waals surface area contributed by atoms with Crippen LogP contribution in [0.3, 0.4) is 0 Å². The van der Waals surface area contributed by atoms with Gasteiger partial charge in [0.1, 0.15) is 0 Å². The summed E-state index contributed by atoms with van der Waals surface area (Å²) in [4.78, 5) is 22.9. The first-order valence-corrected chi connectivity index (χ1v) is 8.13. The van der Waals surface area contributed by atoms with Gasteiger partial charge < -0.3 is 14.2 Å². The summed E-state index contributed by atoms with van der Waals surface area (Å²) >= 11 is 6.17. The Morgan fingerprint density at radius 3 is 3.09 bits per heavy atom. The Kier molecular flexibility index (Phi) is 4.81. The van der Waals surface area contributed by atoms with Crippen molar-refractivity contribution in [3.63, 3.8) is 0 Å². The van der Waals surface area contributed by atoms with Crippen LogP contribution in [0.15, 0.2) is 30.9 Å². The van der Waals surface area contributed by atoms with E-state index in [1.165, 1.54) is 0 Å². The molecule has 122 valence electrons. The highest BCUT2D eigenvalue weighted by Crippen LogP contribution is 2.25. The first-order valence-electron chi connectivity index (χ1n) is 7.75. The number of halogens is 1. The summed E-state index contributed by atoms with van der Waals surface area (Å²) in [6.45, 7) is 3.71. The number of carbonyl (C=O) groups is 1. The van der Waals surface area contributed by atoms with Crippen LogP contribution in [0.25, 0.3) is 0 Å². The maximum atomic E-state index is 12.8. The van der Waals surface area contributed by atoms with E-state index < -0.39 is 0 Å². The van der Waals surface area contributed by atoms with E-state index in [1.807, 2.05) is 17.7 Å². The van der Waals surface area contributed by atoms with Crippen molar-refractivity contribution in [3.8, 4) is 5.88 Å². The number of piperidine rings is 1. The topological polar surface area (TPSA) is 60.2 Å². The van der Waals surface area contributed by atoms with Crippen molar-refractivity contribution >= 4 is 17.5 Å². The van der Waals surface area contributed by atoms with Gasteiger partial charge in [-0.25, -0.2) is 9.97 Å². The van der Waals surface area contributed by atoms with Crippen LogP contribution in [0.2, 0.25) is 5.02 Å². The molecule has 1 aliphatic heterocycles. The molecule has 0 aliphatic carbocycles. The predicted octanol–water partition coefficient (Wildman–Crippen LogP) is 2.81. The summed E-state index contributed by atoms with van der Waals surface area (Å²) in [6, 6.07) is 3.57. The molecule has 0 unspecified atom stereocenters. The predicted molar refractivity (Wildman–Crippen MR) is 86.8 cm³/mol. The molecule has 1 aliphatic rings. The van der Waals surface area contributed by atoms with Gasteiger partial charge in [-0.05, 0) is 25.8 Å². The number of hydrogen-bond donors (Lipinski definition) is 0. The normalized spacial score (nSPS) is 18.0. The highest BCUT2D eigenvalue weighted by Gasteiger charge is 2.27. The smallest absolute Gasteiger partial charge is 0.274 e. The summed E-state index contributed by atoms with van der Waals surface area (Å²) in [5.74, 6) is 0.268. The van der Waals surface area contributed by atoms with Crippen molar-refractivity contribution in [3.05, 3.63) is 41.6 Å². The number of ether oxygens (including phenoxy) is 1. The molecular formula is C16H19ClN4O2. The highest BCUT2D eigenvalue weighted by atomic mass is 35.5. The van der Waals surface area contributed by atoms with Crippen LogP contribution in [0, 0.1) is 0 Å². The summed E-state index contributed by atoms with van der Waals surface area (Å²) < 4.78 is 7.41. The highest BCUT2D eigenvalue weighted by molar-refractivity contribution is 6.33. The quantitative estimate of drug-likeness (QED) is 0.862. The number of amides is 1. The number of carbonyl (C=O) groups excluding carboxylic acids is 1. The summed E-state index contributed by atoms with van der Waals surface area (Å²) in [6.07, 6.45) is 7.45. The van der Waals surface area contributed by atoms with Crippen LogP contribution >= 0.6 is 11.6 Å². The van der Waals surface area contributed by atoms with E-state index in [-0.39, 0.29) is 17.6 Å². The molecule has 0 radical (unpaired) electrons. The Bertz CT molecular complexity index is 675. The Hall–Kier alpha value is -2.08. The molecule has 7 heteroatoms. The summed E-state index contributed by atoms with van der Waals surface area (Å²) in [5.41, 5.74) is 0.254. The third-order valence-electron chi connectivity index (χ3n) is 3.95. The standard InChI is InChI=1S/C16H19ClN4O2/c1-2-23-14-6-5-13(17)15(19-14)16(22)20-8-3-4-12(10-20)21-9-7-18-11-21/h5-7,9,11-12H,2-4,8,10H2,1H3/t12-/m0/s1. The molecule has 0 N–H and O–H groups in total. The van der Waals surface area contributed by atoms with Gasteiger partial charge in [-0.2, -0.15) is 0 Å². The van der Waals surface area contributed by atoms with Crippen LogP contribution in [0.1, 0.15) is 36.3 Å². The van der Waals surface area contributed by atoms with Gasteiger partial charge >= 0.3 is 0 Å². The lowest BCUT2D eigenvalue weighted by Crippen LogP contribution is -2.41. The molecule has 23 heavy (non-hydrogen) atoms. The molecule has 0 saturated carbocycles. The van der Waals surface area contributed by atoms with Gasteiger partial charge in [-0.1, -0.05) is 11.6 Å². The van der Waals surface area contributed by atoms with Crippen molar-refractivity contribution in [1.29, 1.82) is 0 Å². The molecular weight excluding hydrogens is 316 g/mol. The largest absolute Gasteiger partial charge is 0.478 e. The van der Waals surface area contributed by atoms with Gasteiger partial charge in [0, 0.05) is 31.5 Å². The fraction of sp³-hybridized carbons (Fsp3) is 0.438. The van der Waals surface area contributed by atoms with Gasteiger partial charge in [0.05, 0.1) is 24.0 Å². The van der Waals surface area contributed by atoms with Crippen molar-refractivity contribution in [2.75, 3.05) is 19.7 Å². The van der Waals surface area contributed by atoms with Crippen molar-refractivity contribution in [2.45, 2.75) is 25.8 Å². The monoisotopic (exact) mass is 334 g/mol. The third-order valence-corrected chi connectivity index (χ3v) is 4.25. The molecule has 1 saturated heterocycles. The Labute approximate surface area is 140 Å². The Morgan fingerprint density at radius 1 is 1.48 bits per heavy atom. The van der Waals surface area contributed by atoms with E-state index in [2.05, 4.69) is 9.97 Å². The lowest BCUT2D eigenvalue weighted by atomic mass is 10.1. The van der Waals surface area contributed by atoms with Gasteiger partial charge in [0.2, 0.25) is 5.88 Å². The van der Waals surface area contributed by atoms with Gasteiger partial charge in [-0.3, -0.25) is 4.79 Å². The molecule has 3 rings (SSSR count). The lowest BCUT2D eigenvalue weighted by molar-refractivity contribution is 0.0672. The Balaban J connectivity index is 1.78. The number of aromatic nitrogens is 3. The number of hydrogen-bond acceptors (Lipinski definition) is 4. The molecule has 2 aromatic rings. The summed E-state index contributed by atoms with van der Waals surface area (Å²) in [5, 5.41) is 0.350. The Morgan fingerprint density at radius 2 is 2.35 bits per heavy atom. The molecule has 1 fully saturated rings. The van der Waals surface area contributed by atoms with Gasteiger partial charge in [0.15, 0.2) is 5.69 Å². The minimum Gasteiger partial charge on any atom is -0.478 e. The lowest BCUT2D eigenvalue weighted by Gasteiger charge is -2.33. The molecule has 3 heterocycles. The van der Waals surface area contributed by atoms with E-state index in [0.717, 1.165) is 12.8 Å².